The van der Waals surface area contributed by atoms with Gasteiger partial charge in [-0.1, -0.05) is 0 Å². The summed E-state index contributed by atoms with van der Waals surface area (Å²) in [7, 11) is 0. The molecular weight excluding hydrogens is 258 g/mol. The van der Waals surface area contributed by atoms with Crippen LogP contribution in [0.2, 0.25) is 0 Å². The number of phenolic OH excluding ortho intramolecular Hbond substituents is 1. The summed E-state index contributed by atoms with van der Waals surface area (Å²) in [6.45, 7) is 2.80. The molecule has 1 aromatic heterocycles. The minimum atomic E-state index is -0.305. The van der Waals surface area contributed by atoms with Crippen molar-refractivity contribution in [3.8, 4) is 11.5 Å². The largest absolute Gasteiger partial charge is 0.508 e. The van der Waals surface area contributed by atoms with E-state index in [0.717, 1.165) is 0 Å². The number of nitrogens with one attached hydrogen (secondary N) is 1. The Morgan fingerprint density at radius 1 is 1.35 bits per heavy atom. The van der Waals surface area contributed by atoms with Gasteiger partial charge in [0.1, 0.15) is 17.3 Å². The van der Waals surface area contributed by atoms with E-state index >= 15 is 0 Å². The van der Waals surface area contributed by atoms with Crippen molar-refractivity contribution >= 4 is 0 Å². The van der Waals surface area contributed by atoms with Crippen LogP contribution in [0.5, 0.6) is 11.5 Å². The molecule has 1 aromatic carbocycles. The maximum absolute atomic E-state index is 9.84. The molecule has 2 aromatic rings. The summed E-state index contributed by atoms with van der Waals surface area (Å²) in [5, 5.41) is 22.4. The smallest absolute Gasteiger partial charge is 0.123 e. The van der Waals surface area contributed by atoms with Crippen LogP contribution in [0.15, 0.2) is 41.0 Å². The highest BCUT2D eigenvalue weighted by molar-refractivity contribution is 5.39. The number of hydrogen-bond donors (Lipinski definition) is 3. The van der Waals surface area contributed by atoms with Gasteiger partial charge in [0, 0.05) is 12.1 Å². The molecule has 0 fully saturated rings. The molecular formula is C15H19NO4. The first kappa shape index (κ1) is 14.4. The highest BCUT2D eigenvalue weighted by Gasteiger charge is 2.13. The van der Waals surface area contributed by atoms with Crippen LogP contribution in [-0.4, -0.2) is 23.4 Å². The monoisotopic (exact) mass is 277 g/mol. The normalized spacial score (nSPS) is 12.3. The second kappa shape index (κ2) is 6.98. The number of aliphatic hydroxyl groups is 1. The summed E-state index contributed by atoms with van der Waals surface area (Å²) in [6.07, 6.45) is 1.56. The fourth-order valence-corrected chi connectivity index (χ4v) is 1.94. The van der Waals surface area contributed by atoms with Crippen molar-refractivity contribution < 1.29 is 19.4 Å². The minimum Gasteiger partial charge on any atom is -0.508 e. The number of aromatic hydroxyl groups is 1. The second-order valence-electron chi connectivity index (χ2n) is 4.36. The van der Waals surface area contributed by atoms with E-state index in [1.165, 1.54) is 0 Å². The Labute approximate surface area is 117 Å². The zero-order valence-electron chi connectivity index (χ0n) is 11.4. The van der Waals surface area contributed by atoms with E-state index in [-0.39, 0.29) is 18.4 Å². The Morgan fingerprint density at radius 2 is 2.20 bits per heavy atom. The number of benzene rings is 1. The average Bonchev–Trinajstić information content (AvgIpc) is 2.97. The summed E-state index contributed by atoms with van der Waals surface area (Å²) >= 11 is 0. The Bertz CT molecular complexity index is 525. The summed E-state index contributed by atoms with van der Waals surface area (Å²) < 4.78 is 10.7. The standard InChI is InChI=1S/C15H19NO4/c1-2-19-12-5-6-14(18)11(8-12)9-16-13(10-17)15-4-3-7-20-15/h3-8,13,16-18H,2,9-10H2,1H3. The minimum absolute atomic E-state index is 0.0839. The average molecular weight is 277 g/mol. The van der Waals surface area contributed by atoms with Gasteiger partial charge in [0.25, 0.3) is 0 Å². The maximum Gasteiger partial charge on any atom is 0.123 e. The molecule has 1 heterocycles. The van der Waals surface area contributed by atoms with E-state index in [4.69, 9.17) is 9.15 Å². The molecule has 108 valence electrons. The number of rotatable bonds is 7. The van der Waals surface area contributed by atoms with Gasteiger partial charge in [0.15, 0.2) is 0 Å². The first-order chi connectivity index (χ1) is 9.74. The summed E-state index contributed by atoms with van der Waals surface area (Å²) in [5.41, 5.74) is 0.709. The van der Waals surface area contributed by atoms with Gasteiger partial charge in [0.2, 0.25) is 0 Å². The summed E-state index contributed by atoms with van der Waals surface area (Å²) in [5.74, 6) is 1.56. The van der Waals surface area contributed by atoms with E-state index in [1.54, 1.807) is 36.6 Å². The zero-order chi connectivity index (χ0) is 14.4. The lowest BCUT2D eigenvalue weighted by molar-refractivity contribution is 0.225. The van der Waals surface area contributed by atoms with Crippen LogP contribution in [0.4, 0.5) is 0 Å². The predicted molar refractivity (Wildman–Crippen MR) is 74.7 cm³/mol. The Balaban J connectivity index is 2.04. The Morgan fingerprint density at radius 3 is 2.85 bits per heavy atom. The topological polar surface area (TPSA) is 74.9 Å². The number of aliphatic hydroxyl groups excluding tert-OH is 1. The Hall–Kier alpha value is -1.98. The van der Waals surface area contributed by atoms with Gasteiger partial charge in [-0.15, -0.1) is 0 Å². The molecule has 0 spiro atoms. The van der Waals surface area contributed by atoms with E-state index in [1.807, 2.05) is 6.92 Å². The van der Waals surface area contributed by atoms with Crippen molar-refractivity contribution in [2.75, 3.05) is 13.2 Å². The molecule has 0 aliphatic carbocycles. The predicted octanol–water partition coefficient (Wildman–Crippen LogP) is 2.21. The van der Waals surface area contributed by atoms with Gasteiger partial charge in [-0.3, -0.25) is 0 Å². The first-order valence-corrected chi connectivity index (χ1v) is 6.57. The van der Waals surface area contributed by atoms with Crippen LogP contribution in [-0.2, 0) is 6.54 Å². The molecule has 0 aliphatic heterocycles. The molecule has 0 amide bonds. The van der Waals surface area contributed by atoms with Crippen molar-refractivity contribution in [2.45, 2.75) is 19.5 Å². The molecule has 2 rings (SSSR count). The lowest BCUT2D eigenvalue weighted by Crippen LogP contribution is -2.23. The fourth-order valence-electron chi connectivity index (χ4n) is 1.94. The van der Waals surface area contributed by atoms with Crippen LogP contribution in [0.25, 0.3) is 0 Å². The third-order valence-electron chi connectivity index (χ3n) is 2.97. The molecule has 5 nitrogen and oxygen atoms in total. The second-order valence-corrected chi connectivity index (χ2v) is 4.36. The van der Waals surface area contributed by atoms with E-state index < -0.39 is 0 Å². The van der Waals surface area contributed by atoms with Gasteiger partial charge in [0.05, 0.1) is 25.5 Å². The van der Waals surface area contributed by atoms with Crippen molar-refractivity contribution in [3.05, 3.63) is 47.9 Å². The van der Waals surface area contributed by atoms with Gasteiger partial charge in [-0.25, -0.2) is 0 Å². The van der Waals surface area contributed by atoms with E-state index in [0.29, 0.717) is 30.2 Å². The SMILES string of the molecule is CCOc1ccc(O)c(CNC(CO)c2ccco2)c1. The number of ether oxygens (including phenoxy) is 1. The van der Waals surface area contributed by atoms with E-state index in [2.05, 4.69) is 5.32 Å². The van der Waals surface area contributed by atoms with Gasteiger partial charge >= 0.3 is 0 Å². The molecule has 0 radical (unpaired) electrons. The van der Waals surface area contributed by atoms with Crippen LogP contribution < -0.4 is 10.1 Å². The number of furan rings is 1. The molecule has 0 saturated heterocycles. The molecule has 0 aliphatic rings. The zero-order valence-corrected chi connectivity index (χ0v) is 11.4. The van der Waals surface area contributed by atoms with Crippen LogP contribution >= 0.6 is 0 Å². The molecule has 3 N–H and O–H groups in total. The highest BCUT2D eigenvalue weighted by atomic mass is 16.5. The quantitative estimate of drug-likeness (QED) is 0.723. The Kier molecular flexibility index (Phi) is 5.03. The van der Waals surface area contributed by atoms with E-state index in [9.17, 15) is 10.2 Å². The summed E-state index contributed by atoms with van der Waals surface area (Å²) in [6, 6.07) is 8.36. The lowest BCUT2D eigenvalue weighted by atomic mass is 10.1. The highest BCUT2D eigenvalue weighted by Crippen LogP contribution is 2.24. The molecule has 5 heteroatoms. The molecule has 1 unspecified atom stereocenters. The first-order valence-electron chi connectivity index (χ1n) is 6.57. The van der Waals surface area contributed by atoms with Gasteiger partial charge < -0.3 is 24.7 Å². The van der Waals surface area contributed by atoms with Crippen molar-refractivity contribution in [1.29, 1.82) is 0 Å². The van der Waals surface area contributed by atoms with Crippen molar-refractivity contribution in [3.63, 3.8) is 0 Å². The van der Waals surface area contributed by atoms with Crippen molar-refractivity contribution in [1.82, 2.24) is 5.32 Å². The molecule has 1 atom stereocenters. The lowest BCUT2D eigenvalue weighted by Gasteiger charge is -2.15. The number of hydrogen-bond acceptors (Lipinski definition) is 5. The maximum atomic E-state index is 9.84. The summed E-state index contributed by atoms with van der Waals surface area (Å²) in [4.78, 5) is 0. The van der Waals surface area contributed by atoms with Crippen LogP contribution in [0, 0.1) is 0 Å². The van der Waals surface area contributed by atoms with Crippen molar-refractivity contribution in [2.24, 2.45) is 0 Å². The van der Waals surface area contributed by atoms with Gasteiger partial charge in [-0.2, -0.15) is 0 Å². The van der Waals surface area contributed by atoms with Crippen LogP contribution in [0.1, 0.15) is 24.3 Å². The van der Waals surface area contributed by atoms with Crippen LogP contribution in [0.3, 0.4) is 0 Å². The van der Waals surface area contributed by atoms with Gasteiger partial charge in [-0.05, 0) is 37.3 Å². The third-order valence-corrected chi connectivity index (χ3v) is 2.97. The molecule has 0 bridgehead atoms. The third kappa shape index (κ3) is 3.53. The number of phenols is 1. The molecule has 0 saturated carbocycles. The molecule has 20 heavy (non-hydrogen) atoms. The fraction of sp³-hybridized carbons (Fsp3) is 0.333.